The van der Waals surface area contributed by atoms with Crippen molar-refractivity contribution in [1.29, 1.82) is 0 Å². The van der Waals surface area contributed by atoms with Gasteiger partial charge in [-0.05, 0) is 46.6 Å². The highest BCUT2D eigenvalue weighted by Gasteiger charge is 2.21. The van der Waals surface area contributed by atoms with Crippen molar-refractivity contribution in [3.05, 3.63) is 17.5 Å². The molecule has 1 aromatic heterocycles. The number of aryl methyl sites for hydroxylation is 2. The van der Waals surface area contributed by atoms with E-state index in [1.54, 1.807) is 7.11 Å². The topological polar surface area (TPSA) is 47.3 Å². The van der Waals surface area contributed by atoms with Crippen molar-refractivity contribution in [3.8, 4) is 0 Å². The molecule has 0 aliphatic rings. The Morgan fingerprint density at radius 2 is 2.18 bits per heavy atom. The SMILES string of the molecule is CCn1nc(C)cc1C(O)CCC(C)(C)OC. The maximum atomic E-state index is 10.2. The second-order valence-corrected chi connectivity index (χ2v) is 5.04. The second-order valence-electron chi connectivity index (χ2n) is 5.04. The normalized spacial score (nSPS) is 14.0. The van der Waals surface area contributed by atoms with E-state index in [0.29, 0.717) is 6.42 Å². The molecule has 0 fully saturated rings. The number of aliphatic hydroxyl groups is 1. The number of aromatic nitrogens is 2. The van der Waals surface area contributed by atoms with Gasteiger partial charge in [0.1, 0.15) is 0 Å². The lowest BCUT2D eigenvalue weighted by molar-refractivity contribution is 0.00200. The van der Waals surface area contributed by atoms with Crippen molar-refractivity contribution < 1.29 is 9.84 Å². The van der Waals surface area contributed by atoms with E-state index < -0.39 is 6.10 Å². The fourth-order valence-electron chi connectivity index (χ4n) is 1.82. The van der Waals surface area contributed by atoms with Crippen LogP contribution in [-0.4, -0.2) is 27.6 Å². The molecule has 0 saturated carbocycles. The number of aliphatic hydroxyl groups excluding tert-OH is 1. The molecule has 0 bridgehead atoms. The first kappa shape index (κ1) is 14.2. The van der Waals surface area contributed by atoms with Gasteiger partial charge >= 0.3 is 0 Å². The molecule has 0 aliphatic carbocycles. The summed E-state index contributed by atoms with van der Waals surface area (Å²) in [5, 5.41) is 14.5. The van der Waals surface area contributed by atoms with E-state index in [-0.39, 0.29) is 5.60 Å². The summed E-state index contributed by atoms with van der Waals surface area (Å²) in [4.78, 5) is 0. The molecule has 0 spiro atoms. The Balaban J connectivity index is 2.66. The van der Waals surface area contributed by atoms with Gasteiger partial charge in [0, 0.05) is 13.7 Å². The van der Waals surface area contributed by atoms with Gasteiger partial charge in [0.25, 0.3) is 0 Å². The summed E-state index contributed by atoms with van der Waals surface area (Å²) in [5.41, 5.74) is 1.66. The first-order valence-corrected chi connectivity index (χ1v) is 6.17. The fraction of sp³-hybridized carbons (Fsp3) is 0.769. The molecule has 1 heterocycles. The van der Waals surface area contributed by atoms with Crippen LogP contribution in [-0.2, 0) is 11.3 Å². The maximum absolute atomic E-state index is 10.2. The van der Waals surface area contributed by atoms with Crippen molar-refractivity contribution in [1.82, 2.24) is 9.78 Å². The van der Waals surface area contributed by atoms with Gasteiger partial charge in [-0.15, -0.1) is 0 Å². The quantitative estimate of drug-likeness (QED) is 0.831. The summed E-state index contributed by atoms with van der Waals surface area (Å²) in [6.07, 6.45) is 1.04. The van der Waals surface area contributed by atoms with Crippen LogP contribution in [0, 0.1) is 6.92 Å². The highest BCUT2D eigenvalue weighted by Crippen LogP contribution is 2.24. The zero-order chi connectivity index (χ0) is 13.1. The third-order valence-corrected chi connectivity index (χ3v) is 3.15. The van der Waals surface area contributed by atoms with Gasteiger partial charge in [-0.1, -0.05) is 0 Å². The number of hydrogen-bond donors (Lipinski definition) is 1. The Kier molecular flexibility index (Phi) is 4.71. The summed E-state index contributed by atoms with van der Waals surface area (Å²) in [6, 6.07) is 1.95. The first-order chi connectivity index (χ1) is 7.89. The number of ether oxygens (including phenoxy) is 1. The lowest BCUT2D eigenvalue weighted by Gasteiger charge is -2.24. The van der Waals surface area contributed by atoms with Crippen LogP contribution in [0.2, 0.25) is 0 Å². The number of hydrogen-bond acceptors (Lipinski definition) is 3. The molecular formula is C13H24N2O2. The van der Waals surface area contributed by atoms with Crippen molar-refractivity contribution in [2.24, 2.45) is 0 Å². The molecular weight excluding hydrogens is 216 g/mol. The van der Waals surface area contributed by atoms with Crippen molar-refractivity contribution >= 4 is 0 Å². The molecule has 1 atom stereocenters. The molecule has 0 saturated heterocycles. The standard InChI is InChI=1S/C13H24N2O2/c1-6-15-11(9-10(2)14-15)12(16)7-8-13(3,4)17-5/h9,12,16H,6-8H2,1-5H3. The average Bonchev–Trinajstić information content (AvgIpc) is 2.67. The van der Waals surface area contributed by atoms with E-state index in [1.807, 2.05) is 38.4 Å². The summed E-state index contributed by atoms with van der Waals surface area (Å²) in [5.74, 6) is 0. The summed E-state index contributed by atoms with van der Waals surface area (Å²) < 4.78 is 7.21. The number of nitrogens with zero attached hydrogens (tertiary/aromatic N) is 2. The predicted molar refractivity (Wildman–Crippen MR) is 67.9 cm³/mol. The van der Waals surface area contributed by atoms with Crippen molar-refractivity contribution in [3.63, 3.8) is 0 Å². The van der Waals surface area contributed by atoms with Crippen LogP contribution in [0.25, 0.3) is 0 Å². The van der Waals surface area contributed by atoms with Gasteiger partial charge in [0.2, 0.25) is 0 Å². The molecule has 0 aromatic carbocycles. The molecule has 1 N–H and O–H groups in total. The van der Waals surface area contributed by atoms with E-state index in [9.17, 15) is 5.11 Å². The van der Waals surface area contributed by atoms with E-state index in [2.05, 4.69) is 5.10 Å². The largest absolute Gasteiger partial charge is 0.387 e. The van der Waals surface area contributed by atoms with Crippen LogP contribution < -0.4 is 0 Å². The summed E-state index contributed by atoms with van der Waals surface area (Å²) in [7, 11) is 1.70. The van der Waals surface area contributed by atoms with Gasteiger partial charge in [-0.3, -0.25) is 4.68 Å². The molecule has 0 amide bonds. The third-order valence-electron chi connectivity index (χ3n) is 3.15. The summed E-state index contributed by atoms with van der Waals surface area (Å²) in [6.45, 7) is 8.82. The lowest BCUT2D eigenvalue weighted by atomic mass is 9.99. The third kappa shape index (κ3) is 3.82. The molecule has 1 aromatic rings. The van der Waals surface area contributed by atoms with Crippen LogP contribution in [0.3, 0.4) is 0 Å². The Morgan fingerprint density at radius 3 is 2.71 bits per heavy atom. The minimum absolute atomic E-state index is 0.187. The zero-order valence-corrected chi connectivity index (χ0v) is 11.5. The molecule has 1 rings (SSSR count). The molecule has 0 aliphatic heterocycles. The number of methoxy groups -OCH3 is 1. The van der Waals surface area contributed by atoms with E-state index in [0.717, 1.165) is 24.4 Å². The van der Waals surface area contributed by atoms with Crippen LogP contribution in [0.5, 0.6) is 0 Å². The molecule has 98 valence electrons. The lowest BCUT2D eigenvalue weighted by Crippen LogP contribution is -2.23. The highest BCUT2D eigenvalue weighted by atomic mass is 16.5. The Hall–Kier alpha value is -0.870. The molecule has 1 unspecified atom stereocenters. The monoisotopic (exact) mass is 240 g/mol. The van der Waals surface area contributed by atoms with Crippen molar-refractivity contribution in [2.75, 3.05) is 7.11 Å². The Bertz CT molecular complexity index is 358. The molecule has 0 radical (unpaired) electrons. The highest BCUT2D eigenvalue weighted by molar-refractivity contribution is 5.11. The Morgan fingerprint density at radius 1 is 1.53 bits per heavy atom. The van der Waals surface area contributed by atoms with Crippen LogP contribution >= 0.6 is 0 Å². The Labute approximate surface area is 104 Å². The van der Waals surface area contributed by atoms with Crippen molar-refractivity contribution in [2.45, 2.75) is 58.8 Å². The van der Waals surface area contributed by atoms with Gasteiger partial charge in [-0.25, -0.2) is 0 Å². The van der Waals surface area contributed by atoms with Crippen LogP contribution in [0.15, 0.2) is 6.07 Å². The van der Waals surface area contributed by atoms with E-state index >= 15 is 0 Å². The van der Waals surface area contributed by atoms with Gasteiger partial charge in [0.15, 0.2) is 0 Å². The smallest absolute Gasteiger partial charge is 0.0957 e. The first-order valence-electron chi connectivity index (χ1n) is 6.17. The maximum Gasteiger partial charge on any atom is 0.0957 e. The molecule has 17 heavy (non-hydrogen) atoms. The van der Waals surface area contributed by atoms with Gasteiger partial charge in [0.05, 0.1) is 23.1 Å². The van der Waals surface area contributed by atoms with Gasteiger partial charge in [-0.2, -0.15) is 5.10 Å². The second kappa shape index (κ2) is 5.65. The van der Waals surface area contributed by atoms with E-state index in [1.165, 1.54) is 0 Å². The fourth-order valence-corrected chi connectivity index (χ4v) is 1.82. The summed E-state index contributed by atoms with van der Waals surface area (Å²) >= 11 is 0. The van der Waals surface area contributed by atoms with E-state index in [4.69, 9.17) is 4.74 Å². The molecule has 4 heteroatoms. The van der Waals surface area contributed by atoms with Crippen LogP contribution in [0.4, 0.5) is 0 Å². The minimum Gasteiger partial charge on any atom is -0.387 e. The molecule has 4 nitrogen and oxygen atoms in total. The average molecular weight is 240 g/mol. The van der Waals surface area contributed by atoms with Gasteiger partial charge < -0.3 is 9.84 Å². The van der Waals surface area contributed by atoms with Crippen LogP contribution in [0.1, 0.15) is 51.1 Å². The predicted octanol–water partition coefficient (Wildman–Crippen LogP) is 2.45. The zero-order valence-electron chi connectivity index (χ0n) is 11.5. The number of rotatable bonds is 6. The minimum atomic E-state index is -0.467.